The average molecular weight is 902 g/mol. The van der Waals surface area contributed by atoms with Crippen LogP contribution in [0.4, 0.5) is 87.8 Å². The Kier molecular flexibility index (Phi) is 12.8. The summed E-state index contributed by atoms with van der Waals surface area (Å²) in [4.78, 5) is 5.28. The predicted molar refractivity (Wildman–Crippen MR) is 154 cm³/mol. The van der Waals surface area contributed by atoms with E-state index in [9.17, 15) is 52.7 Å². The third-order valence-electron chi connectivity index (χ3n) is 7.68. The fourth-order valence-corrected chi connectivity index (χ4v) is 6.14. The summed E-state index contributed by atoms with van der Waals surface area (Å²) < 4.78 is 296. The second-order valence-corrected chi connectivity index (χ2v) is 12.1. The molecular weight excluding hydrogens is 893 g/mol. The molecular formula is C30H9BBrF20NOS. The highest BCUT2D eigenvalue weighted by molar-refractivity contribution is 9.09. The number of alkyl halides is 1. The van der Waals surface area contributed by atoms with Crippen LogP contribution in [-0.4, -0.2) is 18.1 Å². The number of halogens is 21. The SMILES string of the molecule is BrCCCO[n+]1ccsc1.Fc1c(F)c(F)c([B-](c2c(F)c(F)c(F)c(F)c2F)(c2c(F)c(F)c(F)c(F)c2F)c2c(F)c(F)c(F)c(F)c2F)c(F)c1F. The normalized spacial score (nSPS) is 11.6. The van der Waals surface area contributed by atoms with Crippen molar-refractivity contribution in [3.63, 3.8) is 0 Å². The van der Waals surface area contributed by atoms with Crippen molar-refractivity contribution in [2.24, 2.45) is 0 Å². The van der Waals surface area contributed by atoms with E-state index in [0.717, 1.165) is 18.4 Å². The Hall–Kier alpha value is -4.55. The molecule has 5 aromatic rings. The van der Waals surface area contributed by atoms with Crippen molar-refractivity contribution >= 4 is 55.3 Å². The first-order valence-corrected chi connectivity index (χ1v) is 16.1. The second kappa shape index (κ2) is 16.3. The maximum atomic E-state index is 15.4. The number of benzene rings is 4. The Labute approximate surface area is 304 Å². The zero-order valence-electron chi connectivity index (χ0n) is 25.6. The molecule has 0 radical (unpaired) electrons. The lowest BCUT2D eigenvalue weighted by atomic mass is 9.12. The minimum atomic E-state index is -7.22. The Bertz CT molecular complexity index is 1930. The molecule has 0 spiro atoms. The summed E-state index contributed by atoms with van der Waals surface area (Å²) in [7, 11) is 0. The van der Waals surface area contributed by atoms with Gasteiger partial charge in [-0.2, -0.15) is 0 Å². The van der Waals surface area contributed by atoms with E-state index in [-0.39, 0.29) is 0 Å². The minimum absolute atomic E-state index is 0.770. The molecule has 0 aliphatic rings. The van der Waals surface area contributed by atoms with Crippen LogP contribution in [-0.2, 0) is 0 Å². The third-order valence-corrected chi connectivity index (χ3v) is 8.85. The third kappa shape index (κ3) is 6.86. The Morgan fingerprint density at radius 3 is 0.855 bits per heavy atom. The molecule has 0 N–H and O–H groups in total. The van der Waals surface area contributed by atoms with E-state index >= 15 is 35.1 Å². The monoisotopic (exact) mass is 901 g/mol. The number of aromatic nitrogens is 1. The topological polar surface area (TPSA) is 13.1 Å². The molecule has 0 amide bonds. The van der Waals surface area contributed by atoms with Crippen LogP contribution < -0.4 is 31.4 Å². The van der Waals surface area contributed by atoms with Gasteiger partial charge in [-0.25, -0.2) is 87.8 Å². The number of rotatable bonds is 8. The van der Waals surface area contributed by atoms with E-state index in [0.29, 0.717) is 0 Å². The van der Waals surface area contributed by atoms with E-state index < -0.39 is 144 Å². The van der Waals surface area contributed by atoms with Crippen molar-refractivity contribution in [3.8, 4) is 0 Å². The Balaban J connectivity index is 0.000000583. The summed E-state index contributed by atoms with van der Waals surface area (Å²) in [5, 5.41) is 2.98. The largest absolute Gasteiger partial charge is 0.276 e. The summed E-state index contributed by atoms with van der Waals surface area (Å²) >= 11 is 4.95. The van der Waals surface area contributed by atoms with E-state index in [1.807, 2.05) is 17.1 Å². The molecule has 0 atom stereocenters. The highest BCUT2D eigenvalue weighted by Crippen LogP contribution is 2.30. The Morgan fingerprint density at radius 2 is 0.655 bits per heavy atom. The van der Waals surface area contributed by atoms with Crippen LogP contribution in [0.3, 0.4) is 0 Å². The fourth-order valence-electron chi connectivity index (χ4n) is 5.40. The second-order valence-electron chi connectivity index (χ2n) is 10.6. The summed E-state index contributed by atoms with van der Waals surface area (Å²) in [6, 6.07) is 0. The molecule has 5 rings (SSSR count). The van der Waals surface area contributed by atoms with Gasteiger partial charge in [-0.15, -0.1) is 21.9 Å². The lowest BCUT2D eigenvalue weighted by Crippen LogP contribution is -2.81. The lowest BCUT2D eigenvalue weighted by Gasteiger charge is -2.44. The van der Waals surface area contributed by atoms with Crippen molar-refractivity contribution < 1.29 is 97.4 Å². The molecule has 2 nitrogen and oxygen atoms in total. The highest BCUT2D eigenvalue weighted by atomic mass is 79.9. The van der Waals surface area contributed by atoms with Crippen molar-refractivity contribution in [2.45, 2.75) is 6.42 Å². The van der Waals surface area contributed by atoms with Gasteiger partial charge in [0.05, 0.1) is 5.38 Å². The van der Waals surface area contributed by atoms with Crippen LogP contribution in [0.25, 0.3) is 0 Å². The molecule has 0 bridgehead atoms. The molecule has 296 valence electrons. The van der Waals surface area contributed by atoms with Crippen molar-refractivity contribution in [1.29, 1.82) is 0 Å². The molecule has 0 aliphatic carbocycles. The average Bonchev–Trinajstić information content (AvgIpc) is 3.68. The molecule has 4 aromatic carbocycles. The van der Waals surface area contributed by atoms with Gasteiger partial charge in [0, 0.05) is 10.1 Å². The van der Waals surface area contributed by atoms with Crippen molar-refractivity contribution in [1.82, 2.24) is 0 Å². The first-order valence-electron chi connectivity index (χ1n) is 14.0. The maximum Gasteiger partial charge on any atom is 0.276 e. The van der Waals surface area contributed by atoms with E-state index in [4.69, 9.17) is 4.84 Å². The Morgan fingerprint density at radius 1 is 0.418 bits per heavy atom. The number of thiazole rings is 1. The van der Waals surface area contributed by atoms with Gasteiger partial charge < -0.3 is 0 Å². The molecule has 0 aliphatic heterocycles. The van der Waals surface area contributed by atoms with E-state index in [1.54, 1.807) is 16.1 Å². The molecule has 0 unspecified atom stereocenters. The van der Waals surface area contributed by atoms with Gasteiger partial charge in [-0.1, -0.05) is 27.3 Å². The molecule has 1 aromatic heterocycles. The van der Waals surface area contributed by atoms with Crippen molar-refractivity contribution in [3.05, 3.63) is 133 Å². The standard InChI is InChI=1S/C24BF20.C6H9BrNOS/c26-5-1(6(27)14(35)21(42)13(5)34)25(2-7(28)15(36)22(43)16(37)8(2)29,3-9(30)17(38)23(44)18(39)10(3)31)4-11(32)19(40)24(45)20(41)12(4)33;7-2-1-4-9-8-3-5-10-6-8/h;3,5-6H,1-2,4H2/q-1;+1. The summed E-state index contributed by atoms with van der Waals surface area (Å²) in [5.41, 5.74) is -12.4. The minimum Gasteiger partial charge on any atom is -0.271 e. The van der Waals surface area contributed by atoms with Crippen LogP contribution in [0, 0.1) is 116 Å². The zero-order chi connectivity index (χ0) is 41.6. The summed E-state index contributed by atoms with van der Waals surface area (Å²) in [6.07, 6.45) is -4.27. The molecule has 25 heteroatoms. The van der Waals surface area contributed by atoms with Crippen LogP contribution in [0.1, 0.15) is 6.42 Å². The fraction of sp³-hybridized carbons (Fsp3) is 0.100. The zero-order valence-corrected chi connectivity index (χ0v) is 28.0. The summed E-state index contributed by atoms with van der Waals surface area (Å²) in [6.45, 7) is 0.770. The molecule has 0 saturated heterocycles. The molecule has 1 heterocycles. The van der Waals surface area contributed by atoms with Crippen LogP contribution in [0.5, 0.6) is 0 Å². The quantitative estimate of drug-likeness (QED) is 0.0309. The van der Waals surface area contributed by atoms with Gasteiger partial charge in [0.2, 0.25) is 6.20 Å². The molecule has 0 saturated carbocycles. The van der Waals surface area contributed by atoms with Crippen LogP contribution in [0.15, 0.2) is 17.1 Å². The van der Waals surface area contributed by atoms with Crippen molar-refractivity contribution in [2.75, 3.05) is 11.9 Å². The predicted octanol–water partition coefficient (Wildman–Crippen LogP) is 7.10. The number of hydrogen-bond donors (Lipinski definition) is 0. The summed E-state index contributed by atoms with van der Waals surface area (Å²) in [5.74, 6) is -71.4. The van der Waals surface area contributed by atoms with Gasteiger partial charge >= 0.3 is 0 Å². The van der Waals surface area contributed by atoms with Gasteiger partial charge in [-0.05, 0) is 6.42 Å². The highest BCUT2D eigenvalue weighted by Gasteiger charge is 2.52. The van der Waals surface area contributed by atoms with Gasteiger partial charge in [-0.3, -0.25) is 4.84 Å². The number of nitrogens with zero attached hydrogens (tertiary/aromatic N) is 1. The molecule has 55 heavy (non-hydrogen) atoms. The van der Waals surface area contributed by atoms with Crippen LogP contribution >= 0.6 is 27.3 Å². The smallest absolute Gasteiger partial charge is 0.271 e. The first-order chi connectivity index (χ1) is 25.6. The van der Waals surface area contributed by atoms with Gasteiger partial charge in [0.15, 0.2) is 76.4 Å². The van der Waals surface area contributed by atoms with E-state index in [1.165, 1.54) is 0 Å². The van der Waals surface area contributed by atoms with Gasteiger partial charge in [0.1, 0.15) is 52.7 Å². The van der Waals surface area contributed by atoms with Crippen LogP contribution in [0.2, 0.25) is 0 Å². The first kappa shape index (κ1) is 43.2. The lowest BCUT2D eigenvalue weighted by molar-refractivity contribution is -0.888. The van der Waals surface area contributed by atoms with E-state index in [2.05, 4.69) is 15.9 Å². The number of hydrogen-bond acceptors (Lipinski definition) is 2. The maximum absolute atomic E-state index is 15.4. The molecule has 0 fully saturated rings. The van der Waals surface area contributed by atoms with Gasteiger partial charge in [0.25, 0.3) is 5.51 Å².